The number of amides is 1. The molecule has 0 atom stereocenters. The highest BCUT2D eigenvalue weighted by atomic mass is 35.5. The van der Waals surface area contributed by atoms with Gasteiger partial charge in [0.15, 0.2) is 5.15 Å². The molecular weight excluding hydrogens is 364 g/mol. The smallest absolute Gasteiger partial charge is 0.319 e. The molecule has 0 saturated heterocycles. The van der Waals surface area contributed by atoms with Crippen molar-refractivity contribution in [3.63, 3.8) is 0 Å². The Bertz CT molecular complexity index is 905. The standard InChI is InChI=1S/C20H19ClN4O2/c1-27-20-24-17(21)16(19(26)23-13-15-10-6-3-7-11-15)18(25-20)22-12-14-8-4-2-5-9-14/h2-11H,12-13H2,1H3,(H,23,26)(H,22,24,25). The molecular formula is C20H19ClN4O2. The Morgan fingerprint density at radius 3 is 2.15 bits per heavy atom. The Morgan fingerprint density at radius 1 is 0.963 bits per heavy atom. The predicted octanol–water partition coefficient (Wildman–Crippen LogP) is 3.68. The van der Waals surface area contributed by atoms with Gasteiger partial charge in [-0.1, -0.05) is 72.3 Å². The number of hydrogen-bond acceptors (Lipinski definition) is 5. The van der Waals surface area contributed by atoms with E-state index >= 15 is 0 Å². The summed E-state index contributed by atoms with van der Waals surface area (Å²) >= 11 is 6.24. The van der Waals surface area contributed by atoms with Gasteiger partial charge in [-0.2, -0.15) is 9.97 Å². The predicted molar refractivity (Wildman–Crippen MR) is 105 cm³/mol. The fourth-order valence-corrected chi connectivity index (χ4v) is 2.73. The molecule has 0 fully saturated rings. The highest BCUT2D eigenvalue weighted by Crippen LogP contribution is 2.24. The van der Waals surface area contributed by atoms with Crippen LogP contribution in [-0.4, -0.2) is 23.0 Å². The lowest BCUT2D eigenvalue weighted by Gasteiger charge is -2.13. The molecule has 3 aromatic rings. The largest absolute Gasteiger partial charge is 0.467 e. The monoisotopic (exact) mass is 382 g/mol. The number of nitrogens with one attached hydrogen (secondary N) is 2. The topological polar surface area (TPSA) is 76.1 Å². The van der Waals surface area contributed by atoms with Crippen LogP contribution in [0.15, 0.2) is 60.7 Å². The van der Waals surface area contributed by atoms with Gasteiger partial charge in [0, 0.05) is 13.1 Å². The van der Waals surface area contributed by atoms with Crippen LogP contribution >= 0.6 is 11.6 Å². The van der Waals surface area contributed by atoms with Crippen LogP contribution in [0.5, 0.6) is 6.01 Å². The lowest BCUT2D eigenvalue weighted by molar-refractivity contribution is 0.0951. The van der Waals surface area contributed by atoms with Crippen LogP contribution < -0.4 is 15.4 Å². The zero-order valence-electron chi connectivity index (χ0n) is 14.8. The Balaban J connectivity index is 1.80. The first-order valence-electron chi connectivity index (χ1n) is 8.39. The summed E-state index contributed by atoms with van der Waals surface area (Å²) in [6.45, 7) is 0.858. The maximum Gasteiger partial charge on any atom is 0.319 e. The number of carbonyl (C=O) groups excluding carboxylic acids is 1. The third-order valence-electron chi connectivity index (χ3n) is 3.85. The van der Waals surface area contributed by atoms with Crippen molar-refractivity contribution in [3.8, 4) is 6.01 Å². The zero-order chi connectivity index (χ0) is 19.1. The van der Waals surface area contributed by atoms with E-state index in [1.165, 1.54) is 7.11 Å². The van der Waals surface area contributed by atoms with Crippen LogP contribution in [-0.2, 0) is 13.1 Å². The quantitative estimate of drug-likeness (QED) is 0.609. The van der Waals surface area contributed by atoms with Gasteiger partial charge >= 0.3 is 6.01 Å². The Morgan fingerprint density at radius 2 is 1.56 bits per heavy atom. The zero-order valence-corrected chi connectivity index (χ0v) is 15.5. The Hall–Kier alpha value is -3.12. The van der Waals surface area contributed by atoms with Crippen molar-refractivity contribution in [3.05, 3.63) is 82.5 Å². The lowest BCUT2D eigenvalue weighted by atomic mass is 10.2. The van der Waals surface area contributed by atoms with E-state index in [1.807, 2.05) is 60.7 Å². The van der Waals surface area contributed by atoms with Crippen molar-refractivity contribution >= 4 is 23.3 Å². The van der Waals surface area contributed by atoms with E-state index < -0.39 is 0 Å². The van der Waals surface area contributed by atoms with Crippen molar-refractivity contribution < 1.29 is 9.53 Å². The molecule has 2 N–H and O–H groups in total. The summed E-state index contributed by atoms with van der Waals surface area (Å²) in [5, 5.41) is 6.03. The third kappa shape index (κ3) is 4.95. The molecule has 27 heavy (non-hydrogen) atoms. The van der Waals surface area contributed by atoms with Crippen LogP contribution in [0.4, 0.5) is 5.82 Å². The van der Waals surface area contributed by atoms with Gasteiger partial charge in [0.1, 0.15) is 11.4 Å². The van der Waals surface area contributed by atoms with Crippen LogP contribution in [0.1, 0.15) is 21.5 Å². The SMILES string of the molecule is COc1nc(Cl)c(C(=O)NCc2ccccc2)c(NCc2ccccc2)n1. The fraction of sp³-hybridized carbons (Fsp3) is 0.150. The maximum absolute atomic E-state index is 12.7. The second-order valence-electron chi connectivity index (χ2n) is 5.73. The van der Waals surface area contributed by atoms with Gasteiger partial charge < -0.3 is 15.4 Å². The average molecular weight is 383 g/mol. The van der Waals surface area contributed by atoms with Crippen molar-refractivity contribution in [2.24, 2.45) is 0 Å². The molecule has 2 aromatic carbocycles. The Kier molecular flexibility index (Phi) is 6.22. The number of carbonyl (C=O) groups is 1. The van der Waals surface area contributed by atoms with Gasteiger partial charge in [0.25, 0.3) is 5.91 Å². The highest BCUT2D eigenvalue weighted by molar-refractivity contribution is 6.33. The maximum atomic E-state index is 12.7. The van der Waals surface area contributed by atoms with Gasteiger partial charge in [0.2, 0.25) is 0 Å². The molecule has 138 valence electrons. The van der Waals surface area contributed by atoms with Crippen molar-refractivity contribution in [2.45, 2.75) is 13.1 Å². The minimum absolute atomic E-state index is 0.0305. The van der Waals surface area contributed by atoms with E-state index in [2.05, 4.69) is 20.6 Å². The summed E-state index contributed by atoms with van der Waals surface area (Å²) < 4.78 is 5.07. The van der Waals surface area contributed by atoms with E-state index in [0.29, 0.717) is 18.9 Å². The van der Waals surface area contributed by atoms with Gasteiger partial charge in [-0.15, -0.1) is 0 Å². The number of rotatable bonds is 7. The van der Waals surface area contributed by atoms with Crippen LogP contribution in [0.25, 0.3) is 0 Å². The van der Waals surface area contributed by atoms with E-state index in [4.69, 9.17) is 16.3 Å². The lowest BCUT2D eigenvalue weighted by Crippen LogP contribution is -2.25. The number of hydrogen-bond donors (Lipinski definition) is 2. The second-order valence-corrected chi connectivity index (χ2v) is 6.09. The molecule has 0 bridgehead atoms. The molecule has 0 aliphatic heterocycles. The van der Waals surface area contributed by atoms with E-state index in [0.717, 1.165) is 11.1 Å². The molecule has 0 unspecified atom stereocenters. The van der Waals surface area contributed by atoms with Crippen LogP contribution in [0.3, 0.4) is 0 Å². The van der Waals surface area contributed by atoms with E-state index in [1.54, 1.807) is 0 Å². The Labute approximate surface area is 162 Å². The summed E-state index contributed by atoms with van der Waals surface area (Å²) in [5.74, 6) is -0.0386. The number of anilines is 1. The van der Waals surface area contributed by atoms with Gasteiger partial charge in [0.05, 0.1) is 7.11 Å². The van der Waals surface area contributed by atoms with Crippen molar-refractivity contribution in [2.75, 3.05) is 12.4 Å². The minimum Gasteiger partial charge on any atom is -0.467 e. The molecule has 1 amide bonds. The van der Waals surface area contributed by atoms with Crippen molar-refractivity contribution in [1.82, 2.24) is 15.3 Å². The minimum atomic E-state index is -0.359. The molecule has 6 nitrogen and oxygen atoms in total. The molecule has 0 aliphatic rings. The molecule has 0 aliphatic carbocycles. The first kappa shape index (κ1) is 18.7. The normalized spacial score (nSPS) is 10.3. The highest BCUT2D eigenvalue weighted by Gasteiger charge is 2.20. The summed E-state index contributed by atoms with van der Waals surface area (Å²) in [7, 11) is 1.45. The van der Waals surface area contributed by atoms with Crippen molar-refractivity contribution in [1.29, 1.82) is 0 Å². The second kappa shape index (κ2) is 9.00. The molecule has 7 heteroatoms. The molecule has 1 aromatic heterocycles. The first-order valence-corrected chi connectivity index (χ1v) is 8.76. The number of methoxy groups -OCH3 is 1. The molecule has 3 rings (SSSR count). The molecule has 0 saturated carbocycles. The van der Waals surface area contributed by atoms with Gasteiger partial charge in [-0.05, 0) is 11.1 Å². The summed E-state index contributed by atoms with van der Waals surface area (Å²) in [5.41, 5.74) is 2.21. The first-order chi connectivity index (χ1) is 13.2. The third-order valence-corrected chi connectivity index (χ3v) is 4.13. The number of benzene rings is 2. The fourth-order valence-electron chi connectivity index (χ4n) is 2.48. The summed E-state index contributed by atoms with van der Waals surface area (Å²) in [4.78, 5) is 21.0. The molecule has 0 spiro atoms. The summed E-state index contributed by atoms with van der Waals surface area (Å²) in [6.07, 6.45) is 0. The van der Waals surface area contributed by atoms with E-state index in [9.17, 15) is 4.79 Å². The van der Waals surface area contributed by atoms with Gasteiger partial charge in [-0.3, -0.25) is 4.79 Å². The average Bonchev–Trinajstić information content (AvgIpc) is 2.71. The number of ether oxygens (including phenoxy) is 1. The molecule has 1 heterocycles. The number of nitrogens with zero attached hydrogens (tertiary/aromatic N) is 2. The van der Waals surface area contributed by atoms with Crippen LogP contribution in [0, 0.1) is 0 Å². The van der Waals surface area contributed by atoms with E-state index in [-0.39, 0.29) is 22.6 Å². The number of halogens is 1. The number of aromatic nitrogens is 2. The summed E-state index contributed by atoms with van der Waals surface area (Å²) in [6, 6.07) is 19.5. The molecule has 0 radical (unpaired) electrons. The van der Waals surface area contributed by atoms with Crippen LogP contribution in [0.2, 0.25) is 5.15 Å². The van der Waals surface area contributed by atoms with Gasteiger partial charge in [-0.25, -0.2) is 0 Å².